The van der Waals surface area contributed by atoms with E-state index in [0.717, 1.165) is 0 Å². The van der Waals surface area contributed by atoms with Crippen LogP contribution in [0.5, 0.6) is 5.75 Å². The molecule has 0 unspecified atom stereocenters. The number of hydrogen-bond acceptors (Lipinski definition) is 4. The lowest BCUT2D eigenvalue weighted by molar-refractivity contribution is 0.0934. The molecule has 0 aliphatic carbocycles. The van der Waals surface area contributed by atoms with Crippen LogP contribution in [0.3, 0.4) is 0 Å². The molecule has 0 bridgehead atoms. The van der Waals surface area contributed by atoms with Gasteiger partial charge in [-0.15, -0.1) is 0 Å². The van der Waals surface area contributed by atoms with Crippen molar-refractivity contribution in [2.24, 2.45) is 0 Å². The molecular weight excluding hydrogens is 183 g/mol. The molecule has 1 aliphatic rings. The molecule has 14 heavy (non-hydrogen) atoms. The van der Waals surface area contributed by atoms with Gasteiger partial charge >= 0.3 is 7.12 Å². The summed E-state index contributed by atoms with van der Waals surface area (Å²) in [4.78, 5) is 11.4. The minimum absolute atomic E-state index is 0.0197. The number of benzene rings is 1. The van der Waals surface area contributed by atoms with E-state index in [1.165, 1.54) is 6.07 Å². The van der Waals surface area contributed by atoms with Crippen LogP contribution < -0.4 is 10.2 Å². The first kappa shape index (κ1) is 9.24. The summed E-state index contributed by atoms with van der Waals surface area (Å²) in [5.41, 5.74) is 0.678. The predicted octanol–water partition coefficient (Wildman–Crippen LogP) is -0.668. The van der Waals surface area contributed by atoms with E-state index in [1.807, 2.05) is 0 Å². The summed E-state index contributed by atoms with van der Waals surface area (Å²) in [7, 11) is -1.60. The normalized spacial score (nSPS) is 14.6. The number of fused-ring (bicyclic) bond motifs is 1. The molecule has 0 fully saturated rings. The Bertz CT molecular complexity index is 375. The van der Waals surface area contributed by atoms with Gasteiger partial charge in [0.2, 0.25) is 0 Å². The maximum absolute atomic E-state index is 11.4. The molecule has 0 saturated carbocycles. The first-order valence-electron chi connectivity index (χ1n) is 4.35. The van der Waals surface area contributed by atoms with Gasteiger partial charge in [-0.25, -0.2) is 0 Å². The van der Waals surface area contributed by atoms with E-state index in [0.29, 0.717) is 24.3 Å². The lowest BCUT2D eigenvalue weighted by Crippen LogP contribution is -2.34. The van der Waals surface area contributed by atoms with Crippen molar-refractivity contribution in [2.75, 3.05) is 6.61 Å². The van der Waals surface area contributed by atoms with Crippen LogP contribution in [0.15, 0.2) is 18.2 Å². The number of hydrogen-bond donors (Lipinski definition) is 2. The Labute approximate surface area is 81.3 Å². The van der Waals surface area contributed by atoms with Crippen LogP contribution in [0, 0.1) is 0 Å². The Morgan fingerprint density at radius 3 is 2.86 bits per heavy atom. The fourth-order valence-electron chi connectivity index (χ4n) is 1.52. The van der Waals surface area contributed by atoms with Gasteiger partial charge in [0.1, 0.15) is 5.75 Å². The lowest BCUT2D eigenvalue weighted by atomic mass is 9.77. The van der Waals surface area contributed by atoms with Crippen LogP contribution in [0.4, 0.5) is 0 Å². The average Bonchev–Trinajstić information content (AvgIpc) is 2.17. The van der Waals surface area contributed by atoms with Gasteiger partial charge in [0.15, 0.2) is 5.78 Å². The molecule has 0 amide bonds. The number of carbonyl (C=O) groups excluding carboxylic acids is 1. The molecular formula is C9H9BO4. The number of para-hydroxylation sites is 1. The van der Waals surface area contributed by atoms with Crippen LogP contribution in [0.1, 0.15) is 16.8 Å². The zero-order valence-electron chi connectivity index (χ0n) is 7.43. The zero-order chi connectivity index (χ0) is 10.1. The van der Waals surface area contributed by atoms with Gasteiger partial charge < -0.3 is 14.8 Å². The third-order valence-corrected chi connectivity index (χ3v) is 2.20. The minimum atomic E-state index is -1.60. The Balaban J connectivity index is 2.55. The molecule has 0 saturated heterocycles. The van der Waals surface area contributed by atoms with E-state index in [9.17, 15) is 4.79 Å². The summed E-state index contributed by atoms with van der Waals surface area (Å²) < 4.78 is 5.25. The van der Waals surface area contributed by atoms with Crippen molar-refractivity contribution in [2.45, 2.75) is 6.42 Å². The summed E-state index contributed by atoms with van der Waals surface area (Å²) in [5.74, 6) is 0.285. The van der Waals surface area contributed by atoms with E-state index in [-0.39, 0.29) is 11.2 Å². The minimum Gasteiger partial charge on any atom is -0.493 e. The van der Waals surface area contributed by atoms with Crippen LogP contribution in [0.2, 0.25) is 0 Å². The van der Waals surface area contributed by atoms with Crippen molar-refractivity contribution >= 4 is 18.4 Å². The lowest BCUT2D eigenvalue weighted by Gasteiger charge is -2.18. The van der Waals surface area contributed by atoms with Gasteiger partial charge in [0, 0.05) is 11.9 Å². The summed E-state index contributed by atoms with van der Waals surface area (Å²) in [6.07, 6.45) is 0.345. The molecule has 0 radical (unpaired) electrons. The Morgan fingerprint density at radius 1 is 1.36 bits per heavy atom. The number of carbonyl (C=O) groups is 1. The van der Waals surface area contributed by atoms with Gasteiger partial charge in [-0.1, -0.05) is 12.1 Å². The van der Waals surface area contributed by atoms with Crippen molar-refractivity contribution in [3.8, 4) is 5.75 Å². The highest BCUT2D eigenvalue weighted by atomic mass is 16.5. The predicted molar refractivity (Wildman–Crippen MR) is 50.7 cm³/mol. The van der Waals surface area contributed by atoms with Gasteiger partial charge in [0.05, 0.1) is 12.2 Å². The summed E-state index contributed by atoms with van der Waals surface area (Å²) in [5, 5.41) is 18.1. The molecule has 2 rings (SSSR count). The number of Topliss-reactive ketones (excluding diaryl/α,β-unsaturated/α-hetero) is 1. The monoisotopic (exact) mass is 192 g/mol. The second-order valence-corrected chi connectivity index (χ2v) is 3.12. The van der Waals surface area contributed by atoms with Gasteiger partial charge in [-0.2, -0.15) is 0 Å². The second-order valence-electron chi connectivity index (χ2n) is 3.12. The number of ketones is 1. The molecule has 1 aromatic rings. The molecule has 5 heteroatoms. The highest BCUT2D eigenvalue weighted by molar-refractivity contribution is 6.60. The molecule has 0 atom stereocenters. The fourth-order valence-corrected chi connectivity index (χ4v) is 1.52. The highest BCUT2D eigenvalue weighted by Gasteiger charge is 2.25. The molecule has 1 heterocycles. The molecule has 1 aromatic carbocycles. The average molecular weight is 192 g/mol. The highest BCUT2D eigenvalue weighted by Crippen LogP contribution is 2.22. The molecule has 4 nitrogen and oxygen atoms in total. The second kappa shape index (κ2) is 3.44. The first-order valence-corrected chi connectivity index (χ1v) is 4.35. The Morgan fingerprint density at radius 2 is 2.14 bits per heavy atom. The van der Waals surface area contributed by atoms with E-state index < -0.39 is 7.12 Å². The van der Waals surface area contributed by atoms with E-state index >= 15 is 0 Å². The van der Waals surface area contributed by atoms with E-state index in [2.05, 4.69) is 0 Å². The van der Waals surface area contributed by atoms with Crippen LogP contribution in [-0.4, -0.2) is 29.6 Å². The molecule has 0 spiro atoms. The third-order valence-electron chi connectivity index (χ3n) is 2.20. The fraction of sp³-hybridized carbons (Fsp3) is 0.222. The largest absolute Gasteiger partial charge is 0.493 e. The van der Waals surface area contributed by atoms with Crippen molar-refractivity contribution in [3.63, 3.8) is 0 Å². The van der Waals surface area contributed by atoms with Crippen LogP contribution in [-0.2, 0) is 0 Å². The van der Waals surface area contributed by atoms with Crippen molar-refractivity contribution < 1.29 is 19.6 Å². The zero-order valence-corrected chi connectivity index (χ0v) is 7.43. The van der Waals surface area contributed by atoms with E-state index in [1.54, 1.807) is 12.1 Å². The summed E-state index contributed by atoms with van der Waals surface area (Å²) in [6, 6.07) is 4.77. The number of rotatable bonds is 1. The smallest absolute Gasteiger partial charge is 0.492 e. The van der Waals surface area contributed by atoms with Gasteiger partial charge in [0.25, 0.3) is 0 Å². The Kier molecular flexibility index (Phi) is 2.27. The van der Waals surface area contributed by atoms with Gasteiger partial charge in [-0.05, 0) is 6.07 Å². The van der Waals surface area contributed by atoms with Crippen molar-refractivity contribution in [1.82, 2.24) is 0 Å². The molecule has 2 N–H and O–H groups in total. The summed E-state index contributed by atoms with van der Waals surface area (Å²) >= 11 is 0. The van der Waals surface area contributed by atoms with Crippen LogP contribution >= 0.6 is 0 Å². The van der Waals surface area contributed by atoms with Crippen LogP contribution in [0.25, 0.3) is 0 Å². The maximum atomic E-state index is 11.4. The van der Waals surface area contributed by atoms with Crippen molar-refractivity contribution in [1.29, 1.82) is 0 Å². The summed E-state index contributed by atoms with van der Waals surface area (Å²) in [6.45, 7) is 0.301. The maximum Gasteiger partial charge on any atom is 0.492 e. The van der Waals surface area contributed by atoms with Crippen molar-refractivity contribution in [3.05, 3.63) is 23.8 Å². The topological polar surface area (TPSA) is 66.8 Å². The quantitative estimate of drug-likeness (QED) is 0.579. The Hall–Kier alpha value is -1.33. The molecule has 1 aliphatic heterocycles. The first-order chi connectivity index (χ1) is 6.70. The SMILES string of the molecule is O=C1CCOc2c(B(O)O)cccc21. The standard InChI is InChI=1S/C9H9BO4/c11-8-4-5-14-9-6(8)2-1-3-7(9)10(12)13/h1-3,12-13H,4-5H2. The molecule has 72 valence electrons. The van der Waals surface area contributed by atoms with E-state index in [4.69, 9.17) is 14.8 Å². The molecule has 0 aromatic heterocycles. The van der Waals surface area contributed by atoms with Gasteiger partial charge in [-0.3, -0.25) is 4.79 Å². The third kappa shape index (κ3) is 1.40. The number of ether oxygens (including phenoxy) is 1.